The lowest BCUT2D eigenvalue weighted by atomic mass is 9.96. The number of amides is 2. The standard InChI is InChI=1S/C7H11NO3S.C7H15NO3S.C7H11NO.C7H8O3.C6H11N3.C6H10N2O2.C6H13NO3S.C6H9NO.C6H12O2.C5H10O2.C5H13OP.C5H12O.C5H10O.C4H11O2P.2C4H10O2S/c1-6(2)12(9,10)5-7-8-3-4-11-7;1-5(2)7(9)8-12(10,11)6(3)4;1-5(2)7-4-6(3)8-9-7;1-3(2)4-5(8)7(10)6(4)9;1-6(2,3)5-7-4-8-9-5;1-6(2,3)4-7-5(9)10-8-4;1-6(2,3)5(8)7-11(4,9)10;1-5(2)6(8)3-4-7;1-5(2)6(7)4-8-3;1-4(2)5(7)3-6;1-5(2)7(3,4)6;2*1-4(2)5(3)6;3*1-4(2)7(3,5)6/h3-4,6H,5H2,1-2H3;5-6H,1-4H3,(H,8,9);4-5H,1-3H3;3,8H,1-2H3;4H2,1-3H3;1-3H3,(H,7,8,9);1-4H3,(H,7,8);5H,3H2,1-2H3;5H,4H2,1-3H3;4,6H,3H2,1-2H3;5H,1-4H3;4-6H,1-3H3;4H,1-3H3;4H,1-3H3,(H,5,6);2*4H,1-3H3. The number of carbonyl (C=O) groups excluding carboxylic acids is 6. The van der Waals surface area contributed by atoms with Gasteiger partial charge in [-0.3, -0.25) is 61.9 Å². The van der Waals surface area contributed by atoms with Crippen molar-refractivity contribution in [1.82, 2.24) is 29.7 Å². The normalized spacial score (nSPS) is 12.4. The molecule has 0 saturated heterocycles. The van der Waals surface area contributed by atoms with Crippen LogP contribution in [0.4, 0.5) is 0 Å². The molecule has 2 unspecified atom stereocenters. The SMILES string of the molecule is CC(=O)C(C)C.CC(C)(C)C(=O)NS(C)(=O)=O.CC(C)(C)C1=NCN=N1.CC(C)(C)c1noc(=O)[nH]1.CC(C)C(=O)CC#N.CC(C)C(=O)CO.CC(C)C(=O)NS(=O)(=O)C(C)C.CC(C)C(C)O.CC(C)P(C)(=O)O.CC(C)P(C)(C)=O.CC(C)S(=O)(=O)Cc1ncco1.CC(C)S(C)(=O)=O.CC(C)S(C)(=O)=O.CC(C)c1c(O)c(=O)c1=O.COCC(=O)C(C)C.Cc1cc(C(C)C)on1. The van der Waals surface area contributed by atoms with E-state index in [1.54, 1.807) is 151 Å². The molecule has 0 radical (unpaired) electrons. The molecule has 136 heavy (non-hydrogen) atoms. The maximum Gasteiger partial charge on any atom is 0.438 e. The van der Waals surface area contributed by atoms with Crippen molar-refractivity contribution in [2.75, 3.05) is 65.8 Å². The van der Waals surface area contributed by atoms with Gasteiger partial charge in [0.1, 0.15) is 62.2 Å². The molecule has 7 N–H and O–H groups in total. The van der Waals surface area contributed by atoms with Gasteiger partial charge in [0.15, 0.2) is 52.9 Å². The van der Waals surface area contributed by atoms with Crippen LogP contribution in [0.5, 0.6) is 5.75 Å². The van der Waals surface area contributed by atoms with Crippen LogP contribution in [-0.4, -0.2) is 228 Å². The molecular weight excluding hydrogens is 1910 g/mol. The number of nitriles is 1. The largest absolute Gasteiger partial charge is 0.504 e. The van der Waals surface area contributed by atoms with Crippen molar-refractivity contribution in [2.24, 2.45) is 61.6 Å². The summed E-state index contributed by atoms with van der Waals surface area (Å²) in [5, 5.41) is 47.2. The van der Waals surface area contributed by atoms with E-state index in [9.17, 15) is 94.4 Å². The summed E-state index contributed by atoms with van der Waals surface area (Å²) in [4.78, 5) is 114. The number of ether oxygens (including phenoxy) is 1. The molecule has 46 heteroatoms. The van der Waals surface area contributed by atoms with Gasteiger partial charge < -0.3 is 38.5 Å². The molecule has 0 fully saturated rings. The number of amidine groups is 1. The van der Waals surface area contributed by atoms with Crippen molar-refractivity contribution in [1.29, 1.82) is 5.26 Å². The van der Waals surface area contributed by atoms with Crippen LogP contribution in [-0.2, 0) is 103 Å². The minimum Gasteiger partial charge on any atom is -0.504 e. The molecule has 5 rings (SSSR count). The Hall–Kier alpha value is -7.33. The summed E-state index contributed by atoms with van der Waals surface area (Å²) in [5.74, 6) is 1.91. The van der Waals surface area contributed by atoms with Crippen LogP contribution in [0.15, 0.2) is 61.6 Å². The number of H-pyrrole nitrogens is 1. The summed E-state index contributed by atoms with van der Waals surface area (Å²) >= 11 is 0. The minimum atomic E-state index is -3.44. The molecule has 1 aliphatic rings. The third kappa shape index (κ3) is 89.3. The Bertz CT molecular complexity index is 4900. The number of aryl methyl sites for hydroxylation is 1. The Morgan fingerprint density at radius 2 is 0.993 bits per heavy atom. The third-order valence-electron chi connectivity index (χ3n) is 17.2. The number of nitrogens with zero attached hydrogens (tertiary/aromatic N) is 7. The molecule has 0 spiro atoms. The highest BCUT2D eigenvalue weighted by atomic mass is 32.2. The number of ketones is 4. The van der Waals surface area contributed by atoms with Crippen molar-refractivity contribution in [3.63, 3.8) is 0 Å². The van der Waals surface area contributed by atoms with Crippen LogP contribution in [0.1, 0.15) is 317 Å². The molecule has 1 aromatic carbocycles. The van der Waals surface area contributed by atoms with Gasteiger partial charge in [0, 0.05) is 95.4 Å². The first kappa shape index (κ1) is 151. The van der Waals surface area contributed by atoms with E-state index in [-0.39, 0.29) is 140 Å². The highest BCUT2D eigenvalue weighted by molar-refractivity contribution is 7.92. The summed E-state index contributed by atoms with van der Waals surface area (Å²) < 4.78 is 151. The fourth-order valence-corrected chi connectivity index (χ4v) is 7.11. The number of carbonyl (C=O) groups is 6. The van der Waals surface area contributed by atoms with E-state index in [0.717, 1.165) is 23.5 Å². The quantitative estimate of drug-likeness (QED) is 0.0284. The minimum absolute atomic E-state index is 0.00894. The highest BCUT2D eigenvalue weighted by Gasteiger charge is 2.26. The number of sulfone groups is 3. The number of azo groups is 1. The van der Waals surface area contributed by atoms with E-state index in [2.05, 4.69) is 79.4 Å². The lowest BCUT2D eigenvalue weighted by Gasteiger charge is -2.15. The summed E-state index contributed by atoms with van der Waals surface area (Å²) in [6.07, 6.45) is 6.13. The van der Waals surface area contributed by atoms with Gasteiger partial charge in [-0.2, -0.15) is 10.4 Å². The number of nitrogens with one attached hydrogen (secondary N) is 3. The number of aromatic nitrogens is 4. The van der Waals surface area contributed by atoms with Crippen LogP contribution in [0.25, 0.3) is 0 Å². The monoisotopic (exact) mass is 2080 g/mol. The van der Waals surface area contributed by atoms with Crippen molar-refractivity contribution in [2.45, 2.75) is 345 Å². The topological polar surface area (TPSA) is 627 Å². The van der Waals surface area contributed by atoms with Crippen molar-refractivity contribution >= 4 is 105 Å². The second-order valence-electron chi connectivity index (χ2n) is 38.7. The number of aromatic hydroxyl groups is 1. The molecule has 0 bridgehead atoms. The fourth-order valence-electron chi connectivity index (χ4n) is 4.89. The Morgan fingerprint density at radius 3 is 1.13 bits per heavy atom. The zero-order valence-electron chi connectivity index (χ0n) is 90.5. The predicted octanol–water partition coefficient (Wildman–Crippen LogP) is 15.0. The number of methoxy groups -OCH3 is 1. The van der Waals surface area contributed by atoms with Crippen LogP contribution in [0.2, 0.25) is 0 Å². The summed E-state index contributed by atoms with van der Waals surface area (Å²) in [6.45, 7) is 77.8. The number of Topliss-reactive ketones (excluding diaryl/α,β-unsaturated/α-hetero) is 4. The Balaban J connectivity index is -0.000000137. The Labute approximate surface area is 815 Å². The molecule has 3 aromatic heterocycles. The maximum absolute atomic E-state index is 11.3. The molecule has 39 nitrogen and oxygen atoms in total. The first-order chi connectivity index (χ1) is 60.4. The second-order valence-corrected chi connectivity index (χ2v) is 57.3. The summed E-state index contributed by atoms with van der Waals surface area (Å²) in [7, 11) is -18.4. The average molecular weight is 2080 g/mol. The fraction of sp³-hybridized carbons (Fsp3) is 0.778. The number of sulfonamides is 2. The number of rotatable bonds is 22. The van der Waals surface area contributed by atoms with Gasteiger partial charge in [-0.05, 0) is 101 Å². The number of aliphatic imine (C=N–C) groups is 1. The number of aliphatic hydroxyl groups excluding tert-OH is 2. The Kier molecular flexibility index (Phi) is 81.2. The number of hydrogen-bond donors (Lipinski definition) is 7. The first-order valence-electron chi connectivity index (χ1n) is 44.0. The molecule has 4 aromatic rings. The summed E-state index contributed by atoms with van der Waals surface area (Å²) in [5.41, 5.74) is -0.533. The zero-order chi connectivity index (χ0) is 111. The van der Waals surface area contributed by atoms with Crippen molar-refractivity contribution in [3.05, 3.63) is 78.3 Å². The van der Waals surface area contributed by atoms with Crippen LogP contribution >= 0.6 is 14.5 Å². The van der Waals surface area contributed by atoms with Gasteiger partial charge in [-0.1, -0.05) is 211 Å². The lowest BCUT2D eigenvalue weighted by Crippen LogP contribution is -2.38. The summed E-state index contributed by atoms with van der Waals surface area (Å²) in [6, 6.07) is 3.76. The average Bonchev–Trinajstić information content (AvgIpc) is 1.78. The number of aromatic amines is 1. The molecule has 800 valence electrons. The van der Waals surface area contributed by atoms with Crippen LogP contribution in [0.3, 0.4) is 0 Å². The molecule has 0 saturated carbocycles. The van der Waals surface area contributed by atoms with E-state index in [0.29, 0.717) is 30.0 Å². The zero-order valence-corrected chi connectivity index (χ0v) is 96.4. The van der Waals surface area contributed by atoms with Gasteiger partial charge in [0.05, 0.1) is 70.4 Å². The van der Waals surface area contributed by atoms with Crippen molar-refractivity contribution in [3.8, 4) is 11.8 Å². The van der Waals surface area contributed by atoms with Crippen LogP contribution in [0, 0.1) is 64.6 Å². The Morgan fingerprint density at radius 1 is 0.596 bits per heavy atom. The smallest absolute Gasteiger partial charge is 0.438 e. The van der Waals surface area contributed by atoms with Crippen molar-refractivity contribution < 1.29 is 118 Å². The number of oxazole rings is 1. The van der Waals surface area contributed by atoms with Gasteiger partial charge in [-0.25, -0.2) is 56.9 Å². The number of hydrogen-bond acceptors (Lipinski definition) is 35. The lowest BCUT2D eigenvalue weighted by molar-refractivity contribution is -0.127. The molecule has 4 heterocycles. The van der Waals surface area contributed by atoms with E-state index >= 15 is 0 Å². The van der Waals surface area contributed by atoms with Crippen LogP contribution < -0.4 is 26.1 Å². The third-order valence-corrected chi connectivity index (χ3v) is 29.4. The van der Waals surface area contributed by atoms with Gasteiger partial charge in [0.2, 0.25) is 43.2 Å². The van der Waals surface area contributed by atoms with Gasteiger partial charge in [-0.15, -0.1) is 5.11 Å². The molecule has 2 atom stereocenters. The number of aliphatic hydroxyl groups is 2. The van der Waals surface area contributed by atoms with E-state index in [4.69, 9.17) is 34.4 Å². The maximum atomic E-state index is 11.3. The highest BCUT2D eigenvalue weighted by Crippen LogP contribution is 2.41. The second kappa shape index (κ2) is 72.9. The molecule has 2 amide bonds. The molecule has 1 aliphatic heterocycles. The van der Waals surface area contributed by atoms with E-state index in [1.165, 1.54) is 52.6 Å². The molecular formula is C90H176N10O29P2S5. The molecule has 0 aliphatic carbocycles. The van der Waals surface area contributed by atoms with Gasteiger partial charge in [0.25, 0.3) is 5.43 Å². The first-order valence-corrected chi connectivity index (χ1v) is 57.9. The van der Waals surface area contributed by atoms with Gasteiger partial charge >= 0.3 is 5.76 Å². The van der Waals surface area contributed by atoms with E-state index in [1.807, 2.05) is 112 Å². The predicted molar refractivity (Wildman–Crippen MR) is 545 cm³/mol. The van der Waals surface area contributed by atoms with E-state index < -0.39 is 103 Å².